The van der Waals surface area contributed by atoms with Crippen LogP contribution in [0.4, 0.5) is 17.6 Å². The molecular formula is C21H26F4N4O3. The Kier molecular flexibility index (Phi) is 8.37. The molecule has 0 unspecified atom stereocenters. The van der Waals surface area contributed by atoms with E-state index >= 15 is 0 Å². The minimum atomic E-state index is -5.08. The molecule has 1 saturated heterocycles. The zero-order valence-corrected chi connectivity index (χ0v) is 18.0. The Bertz CT molecular complexity index is 930. The molecule has 1 aliphatic heterocycles. The molecular weight excluding hydrogens is 432 g/mol. The fourth-order valence-corrected chi connectivity index (χ4v) is 3.74. The molecule has 1 amide bonds. The van der Waals surface area contributed by atoms with E-state index in [1.807, 2.05) is 24.3 Å². The van der Waals surface area contributed by atoms with Gasteiger partial charge in [0.15, 0.2) is 0 Å². The maximum absolute atomic E-state index is 13.4. The normalized spacial score (nSPS) is 18.4. The van der Waals surface area contributed by atoms with Crippen molar-refractivity contribution in [3.63, 3.8) is 0 Å². The van der Waals surface area contributed by atoms with E-state index in [1.165, 1.54) is 12.1 Å². The van der Waals surface area contributed by atoms with Crippen molar-refractivity contribution >= 4 is 11.9 Å². The lowest BCUT2D eigenvalue weighted by Crippen LogP contribution is -2.46. The summed E-state index contributed by atoms with van der Waals surface area (Å²) in [4.78, 5) is 25.9. The minimum Gasteiger partial charge on any atom is -0.475 e. The highest BCUT2D eigenvalue weighted by Crippen LogP contribution is 2.26. The first-order chi connectivity index (χ1) is 14.9. The van der Waals surface area contributed by atoms with Gasteiger partial charge in [0.25, 0.3) is 0 Å². The number of likely N-dealkylation sites (N-methyl/N-ethyl adjacent to an activating group) is 1. The van der Waals surface area contributed by atoms with Gasteiger partial charge in [-0.3, -0.25) is 9.48 Å². The summed E-state index contributed by atoms with van der Waals surface area (Å²) >= 11 is 0. The number of aromatic nitrogens is 2. The summed E-state index contributed by atoms with van der Waals surface area (Å²) in [6.07, 6.45) is 0.750. The van der Waals surface area contributed by atoms with Gasteiger partial charge in [-0.15, -0.1) is 0 Å². The number of aryl methyl sites for hydroxylation is 1. The van der Waals surface area contributed by atoms with Gasteiger partial charge >= 0.3 is 12.1 Å². The number of carboxylic acid groups (broad SMARTS) is 1. The first-order valence-corrected chi connectivity index (χ1v) is 9.86. The second kappa shape index (κ2) is 10.6. The molecule has 32 heavy (non-hydrogen) atoms. The molecule has 1 aliphatic rings. The standard InChI is InChI=1S/C19H25FN4O.C2HF3O2/c1-22(2)17-7-8-24(18(17)10-15-12-21-23(3)13-15)19(25)11-14-5-4-6-16(20)9-14;3-2(4,5)1(6)7/h4-6,9,12-13,17-18H,7-8,10-11H2,1-3H3;(H,6,7)/t17-,18+;/m1./s1. The molecule has 2 atom stereocenters. The van der Waals surface area contributed by atoms with Crippen LogP contribution in [0.15, 0.2) is 36.7 Å². The third-order valence-electron chi connectivity index (χ3n) is 5.18. The fourth-order valence-electron chi connectivity index (χ4n) is 3.74. The smallest absolute Gasteiger partial charge is 0.475 e. The number of halogens is 4. The van der Waals surface area contributed by atoms with E-state index in [0.29, 0.717) is 6.04 Å². The summed E-state index contributed by atoms with van der Waals surface area (Å²) in [7, 11) is 6.01. The van der Waals surface area contributed by atoms with Crippen LogP contribution in [0.25, 0.3) is 0 Å². The lowest BCUT2D eigenvalue weighted by Gasteiger charge is -2.31. The average Bonchev–Trinajstić information content (AvgIpc) is 3.28. The number of benzene rings is 1. The number of rotatable bonds is 5. The van der Waals surface area contributed by atoms with Crippen LogP contribution in [0.5, 0.6) is 0 Å². The highest BCUT2D eigenvalue weighted by Gasteiger charge is 2.39. The van der Waals surface area contributed by atoms with E-state index in [-0.39, 0.29) is 24.2 Å². The number of carboxylic acids is 1. The largest absolute Gasteiger partial charge is 0.490 e. The summed E-state index contributed by atoms with van der Waals surface area (Å²) in [6.45, 7) is 0.738. The molecule has 176 valence electrons. The van der Waals surface area contributed by atoms with Crippen LogP contribution in [-0.2, 0) is 29.5 Å². The summed E-state index contributed by atoms with van der Waals surface area (Å²) < 4.78 is 46.9. The number of aliphatic carboxylic acids is 1. The van der Waals surface area contributed by atoms with Crippen molar-refractivity contribution < 1.29 is 32.3 Å². The maximum atomic E-state index is 13.4. The van der Waals surface area contributed by atoms with E-state index in [2.05, 4.69) is 24.1 Å². The monoisotopic (exact) mass is 458 g/mol. The van der Waals surface area contributed by atoms with Crippen molar-refractivity contribution in [3.8, 4) is 0 Å². The summed E-state index contributed by atoms with van der Waals surface area (Å²) in [5, 5.41) is 11.4. The van der Waals surface area contributed by atoms with Gasteiger partial charge in [0.05, 0.1) is 18.7 Å². The molecule has 1 fully saturated rings. The number of hydrogen-bond donors (Lipinski definition) is 1. The fraction of sp³-hybridized carbons (Fsp3) is 0.476. The first kappa shape index (κ1) is 25.3. The highest BCUT2D eigenvalue weighted by molar-refractivity contribution is 5.79. The molecule has 2 heterocycles. The number of carbonyl (C=O) groups excluding carboxylic acids is 1. The molecule has 0 spiro atoms. The van der Waals surface area contributed by atoms with E-state index in [9.17, 15) is 22.4 Å². The van der Waals surface area contributed by atoms with Crippen molar-refractivity contribution in [2.45, 2.75) is 37.5 Å². The first-order valence-electron chi connectivity index (χ1n) is 9.86. The van der Waals surface area contributed by atoms with E-state index in [4.69, 9.17) is 9.90 Å². The van der Waals surface area contributed by atoms with Gasteiger partial charge in [0.1, 0.15) is 5.82 Å². The number of likely N-dealkylation sites (tertiary alicyclic amines) is 1. The summed E-state index contributed by atoms with van der Waals surface area (Å²) in [6, 6.07) is 6.72. The Morgan fingerprint density at radius 2 is 1.91 bits per heavy atom. The zero-order chi connectivity index (χ0) is 24.1. The van der Waals surface area contributed by atoms with E-state index in [1.54, 1.807) is 16.8 Å². The highest BCUT2D eigenvalue weighted by atomic mass is 19.4. The van der Waals surface area contributed by atoms with Gasteiger partial charge in [-0.25, -0.2) is 9.18 Å². The van der Waals surface area contributed by atoms with Crippen LogP contribution >= 0.6 is 0 Å². The van der Waals surface area contributed by atoms with Crippen molar-refractivity contribution in [2.75, 3.05) is 20.6 Å². The van der Waals surface area contributed by atoms with Crippen LogP contribution in [0.3, 0.4) is 0 Å². The Hall–Kier alpha value is -2.95. The zero-order valence-electron chi connectivity index (χ0n) is 18.0. The number of amides is 1. The Balaban J connectivity index is 0.000000451. The quantitative estimate of drug-likeness (QED) is 0.697. The summed E-state index contributed by atoms with van der Waals surface area (Å²) in [5.74, 6) is -3.00. The van der Waals surface area contributed by atoms with Gasteiger partial charge in [-0.05, 0) is 50.2 Å². The molecule has 0 bridgehead atoms. The second-order valence-corrected chi connectivity index (χ2v) is 7.81. The van der Waals surface area contributed by atoms with Crippen LogP contribution in [-0.4, -0.2) is 75.5 Å². The van der Waals surface area contributed by atoms with E-state index < -0.39 is 12.1 Å². The van der Waals surface area contributed by atoms with Gasteiger partial charge in [-0.2, -0.15) is 18.3 Å². The lowest BCUT2D eigenvalue weighted by molar-refractivity contribution is -0.192. The maximum Gasteiger partial charge on any atom is 0.490 e. The topological polar surface area (TPSA) is 78.7 Å². The van der Waals surface area contributed by atoms with E-state index in [0.717, 1.165) is 30.5 Å². The summed E-state index contributed by atoms with van der Waals surface area (Å²) in [5.41, 5.74) is 1.85. The van der Waals surface area contributed by atoms with Crippen molar-refractivity contribution in [2.24, 2.45) is 7.05 Å². The van der Waals surface area contributed by atoms with Crippen molar-refractivity contribution in [1.29, 1.82) is 0 Å². The van der Waals surface area contributed by atoms with Gasteiger partial charge in [0.2, 0.25) is 5.91 Å². The number of hydrogen-bond acceptors (Lipinski definition) is 4. The Morgan fingerprint density at radius 3 is 2.41 bits per heavy atom. The second-order valence-electron chi connectivity index (χ2n) is 7.81. The van der Waals surface area contributed by atoms with Crippen LogP contribution < -0.4 is 0 Å². The molecule has 11 heteroatoms. The number of carbonyl (C=O) groups is 2. The molecule has 0 aliphatic carbocycles. The SMILES string of the molecule is CN(C)[C@@H]1CCN(C(=O)Cc2cccc(F)c2)[C@H]1Cc1cnn(C)c1.O=C(O)C(F)(F)F. The Labute approximate surface area is 183 Å². The predicted octanol–water partition coefficient (Wildman–Crippen LogP) is 2.51. The molecule has 2 aromatic rings. The molecule has 1 aromatic heterocycles. The van der Waals surface area contributed by atoms with Gasteiger partial charge in [0, 0.05) is 25.8 Å². The van der Waals surface area contributed by atoms with Crippen molar-refractivity contribution in [1.82, 2.24) is 19.6 Å². The van der Waals surface area contributed by atoms with Gasteiger partial charge in [-0.1, -0.05) is 12.1 Å². The van der Waals surface area contributed by atoms with Gasteiger partial charge < -0.3 is 14.9 Å². The van der Waals surface area contributed by atoms with Crippen LogP contribution in [0, 0.1) is 5.82 Å². The Morgan fingerprint density at radius 1 is 1.25 bits per heavy atom. The van der Waals surface area contributed by atoms with Crippen LogP contribution in [0.2, 0.25) is 0 Å². The third-order valence-corrected chi connectivity index (χ3v) is 5.18. The van der Waals surface area contributed by atoms with Crippen molar-refractivity contribution in [3.05, 3.63) is 53.6 Å². The molecule has 3 rings (SSSR count). The minimum absolute atomic E-state index is 0.0591. The molecule has 1 aromatic carbocycles. The number of nitrogens with zero attached hydrogens (tertiary/aromatic N) is 4. The predicted molar refractivity (Wildman–Crippen MR) is 108 cm³/mol. The lowest BCUT2D eigenvalue weighted by atomic mass is 10.0. The number of alkyl halides is 3. The molecule has 1 N–H and O–H groups in total. The molecule has 0 saturated carbocycles. The van der Waals surface area contributed by atoms with Crippen LogP contribution in [0.1, 0.15) is 17.5 Å². The molecule has 0 radical (unpaired) electrons. The third kappa shape index (κ3) is 7.04. The molecule has 7 nitrogen and oxygen atoms in total. The average molecular weight is 458 g/mol.